The normalized spacial score (nSPS) is 19.9. The number of phenols is 1. The molecule has 2 unspecified atom stereocenters. The number of fused-ring (bicyclic) bond motifs is 4. The predicted molar refractivity (Wildman–Crippen MR) is 215 cm³/mol. The SMILES string of the molecule is O=C(NC(c1ccccc1)c1cccc(OCCCCCNCC(O)c2ccc(O)c3[nH]c(=O)ccc23)c1)O[C@H]1C[N+]2(CC(=O)c3ccccc3)CCC1CC2. The molecule has 3 aliphatic heterocycles. The number of unbranched alkanes of at least 4 members (excludes halogenated alkanes) is 2. The van der Waals surface area contributed by atoms with Gasteiger partial charge in [-0.3, -0.25) is 9.59 Å². The highest BCUT2D eigenvalue weighted by Crippen LogP contribution is 2.36. The van der Waals surface area contributed by atoms with Crippen molar-refractivity contribution >= 4 is 22.8 Å². The van der Waals surface area contributed by atoms with Crippen LogP contribution in [0.15, 0.2) is 114 Å². The van der Waals surface area contributed by atoms with Crippen LogP contribution < -0.4 is 20.9 Å². The van der Waals surface area contributed by atoms with Crippen molar-refractivity contribution < 1.29 is 33.8 Å². The molecule has 5 aromatic rings. The van der Waals surface area contributed by atoms with E-state index in [-0.39, 0.29) is 23.2 Å². The fourth-order valence-corrected chi connectivity index (χ4v) is 8.29. The fourth-order valence-electron chi connectivity index (χ4n) is 8.29. The van der Waals surface area contributed by atoms with Crippen LogP contribution in [0.1, 0.15) is 71.3 Å². The molecule has 3 aliphatic rings. The number of nitrogens with zero attached hydrogens (tertiary/aromatic N) is 1. The maximum atomic E-state index is 13.6. The number of rotatable bonds is 17. The van der Waals surface area contributed by atoms with E-state index in [0.29, 0.717) is 65.4 Å². The Bertz CT molecular complexity index is 2150. The second-order valence-corrected chi connectivity index (χ2v) is 15.2. The van der Waals surface area contributed by atoms with Crippen molar-refractivity contribution in [1.29, 1.82) is 0 Å². The van der Waals surface area contributed by atoms with Gasteiger partial charge in [-0.2, -0.15) is 0 Å². The van der Waals surface area contributed by atoms with Gasteiger partial charge in [0.05, 0.1) is 37.4 Å². The van der Waals surface area contributed by atoms with Crippen LogP contribution in [0.25, 0.3) is 10.9 Å². The average Bonchev–Trinajstić information content (AvgIpc) is 3.22. The molecule has 0 spiro atoms. The van der Waals surface area contributed by atoms with Crippen molar-refractivity contribution in [2.45, 2.75) is 50.4 Å². The summed E-state index contributed by atoms with van der Waals surface area (Å²) in [6.45, 7) is 4.51. The van der Waals surface area contributed by atoms with Crippen molar-refractivity contribution in [3.63, 3.8) is 0 Å². The number of quaternary nitrogens is 1. The number of nitrogens with one attached hydrogen (secondary N) is 3. The van der Waals surface area contributed by atoms with Crippen molar-refractivity contribution in [2.75, 3.05) is 45.9 Å². The molecule has 11 heteroatoms. The molecule has 2 bridgehead atoms. The summed E-state index contributed by atoms with van der Waals surface area (Å²) in [5, 5.41) is 28.0. The Morgan fingerprint density at radius 1 is 0.857 bits per heavy atom. The molecule has 292 valence electrons. The van der Waals surface area contributed by atoms with Crippen molar-refractivity contribution in [1.82, 2.24) is 15.6 Å². The van der Waals surface area contributed by atoms with Gasteiger partial charge in [-0.05, 0) is 66.8 Å². The number of Topliss-reactive ketones (excluding diaryl/α,β-unsaturated/α-hetero) is 1. The van der Waals surface area contributed by atoms with Gasteiger partial charge in [0.1, 0.15) is 24.6 Å². The monoisotopic (exact) mass is 759 g/mol. The number of hydrogen-bond donors (Lipinski definition) is 5. The molecule has 1 aromatic heterocycles. The Morgan fingerprint density at radius 2 is 1.61 bits per heavy atom. The number of aromatic hydroxyl groups is 1. The minimum Gasteiger partial charge on any atom is -0.506 e. The van der Waals surface area contributed by atoms with Crippen LogP contribution in [0.4, 0.5) is 4.79 Å². The van der Waals surface area contributed by atoms with E-state index in [1.165, 1.54) is 12.1 Å². The second kappa shape index (κ2) is 18.0. The molecule has 11 nitrogen and oxygen atoms in total. The van der Waals surface area contributed by atoms with E-state index in [2.05, 4.69) is 15.6 Å². The van der Waals surface area contributed by atoms with E-state index < -0.39 is 18.2 Å². The number of aromatic nitrogens is 1. The fraction of sp³-hybridized carbons (Fsp3) is 0.356. The number of phenolic OH excluding ortho intramolecular Hbond substituents is 1. The zero-order valence-electron chi connectivity index (χ0n) is 31.6. The molecule has 4 heterocycles. The van der Waals surface area contributed by atoms with Crippen LogP contribution in [0, 0.1) is 5.92 Å². The van der Waals surface area contributed by atoms with E-state index in [1.54, 1.807) is 12.1 Å². The van der Waals surface area contributed by atoms with Gasteiger partial charge in [0.15, 0.2) is 6.10 Å². The number of ketones is 1. The summed E-state index contributed by atoms with van der Waals surface area (Å²) in [4.78, 5) is 41.1. The summed E-state index contributed by atoms with van der Waals surface area (Å²) < 4.78 is 13.0. The van der Waals surface area contributed by atoms with Gasteiger partial charge in [-0.25, -0.2) is 4.79 Å². The number of amides is 1. The Hall–Kier alpha value is -5.49. The number of pyridine rings is 1. The minimum atomic E-state index is -0.800. The number of aromatic amines is 1. The van der Waals surface area contributed by atoms with Crippen LogP contribution >= 0.6 is 0 Å². The predicted octanol–water partition coefficient (Wildman–Crippen LogP) is 6.41. The van der Waals surface area contributed by atoms with Crippen molar-refractivity contribution in [3.8, 4) is 11.5 Å². The first-order chi connectivity index (χ1) is 27.3. The third-order valence-corrected chi connectivity index (χ3v) is 11.3. The molecular weight excluding hydrogens is 709 g/mol. The summed E-state index contributed by atoms with van der Waals surface area (Å²) in [5.74, 6) is 1.11. The van der Waals surface area contributed by atoms with Gasteiger partial charge in [-0.15, -0.1) is 0 Å². The van der Waals surface area contributed by atoms with Crippen molar-refractivity contribution in [2.24, 2.45) is 5.92 Å². The Morgan fingerprint density at radius 3 is 2.39 bits per heavy atom. The van der Waals surface area contributed by atoms with Gasteiger partial charge >= 0.3 is 6.09 Å². The lowest BCUT2D eigenvalue weighted by Crippen LogP contribution is -2.66. The zero-order valence-corrected chi connectivity index (χ0v) is 31.6. The number of piperidine rings is 3. The molecule has 8 rings (SSSR count). The quantitative estimate of drug-likeness (QED) is 0.0415. The summed E-state index contributed by atoms with van der Waals surface area (Å²) in [5.41, 5.74) is 3.18. The molecule has 56 heavy (non-hydrogen) atoms. The molecule has 1 amide bonds. The third kappa shape index (κ3) is 9.47. The van der Waals surface area contributed by atoms with E-state index in [1.807, 2.05) is 84.9 Å². The van der Waals surface area contributed by atoms with Crippen molar-refractivity contribution in [3.05, 3.63) is 142 Å². The standard InChI is InChI=1S/C45H50N4O7/c50-38-19-17-36(37-18-20-42(53)47-44(37)38)39(51)28-46-23-8-3-9-26-55-35-16-10-15-34(27-35)43(33-13-6-2-7-14-33)48-45(54)56-41-30-49(24-21-32(41)22-25-49)29-40(52)31-11-4-1-5-12-31/h1-2,4-7,10-20,27,32,39,41,43,46,51H,3,8-9,21-26,28-30H2,(H2-,47,48,50,53,54)/p+1/t32?,39?,41-,43?,49?/m0/s1. The van der Waals surface area contributed by atoms with E-state index in [9.17, 15) is 24.6 Å². The number of carbonyl (C=O) groups excluding carboxylic acids is 2. The maximum absolute atomic E-state index is 13.6. The lowest BCUT2D eigenvalue weighted by Gasteiger charge is -2.51. The first-order valence-electron chi connectivity index (χ1n) is 19.7. The molecule has 0 radical (unpaired) electrons. The lowest BCUT2D eigenvalue weighted by atomic mass is 9.83. The van der Waals surface area contributed by atoms with Crippen LogP contribution in [0.2, 0.25) is 0 Å². The third-order valence-electron chi connectivity index (χ3n) is 11.3. The highest BCUT2D eigenvalue weighted by Gasteiger charge is 2.48. The molecule has 0 aliphatic carbocycles. The molecular formula is C45H51N4O7+. The second-order valence-electron chi connectivity index (χ2n) is 15.2. The summed E-state index contributed by atoms with van der Waals surface area (Å²) in [6, 6.07) is 32.8. The molecule has 3 saturated heterocycles. The number of H-pyrrole nitrogens is 1. The number of hydrogen-bond acceptors (Lipinski definition) is 8. The number of aliphatic hydroxyl groups excluding tert-OH is 1. The molecule has 5 N–H and O–H groups in total. The topological polar surface area (TPSA) is 150 Å². The Kier molecular flexibility index (Phi) is 12.4. The summed E-state index contributed by atoms with van der Waals surface area (Å²) in [7, 11) is 0. The first-order valence-corrected chi connectivity index (χ1v) is 19.7. The zero-order chi connectivity index (χ0) is 38.9. The van der Waals surface area contributed by atoms with Crippen LogP contribution in [0.5, 0.6) is 11.5 Å². The largest absolute Gasteiger partial charge is 0.506 e. The maximum Gasteiger partial charge on any atom is 0.408 e. The Balaban J connectivity index is 0.885. The molecule has 0 saturated carbocycles. The van der Waals surface area contributed by atoms with Gasteiger partial charge in [0, 0.05) is 42.3 Å². The van der Waals surface area contributed by atoms with Gasteiger partial charge in [0.25, 0.3) is 0 Å². The number of alkyl carbamates (subject to hydrolysis) is 1. The van der Waals surface area contributed by atoms with Crippen LogP contribution in [0.3, 0.4) is 0 Å². The number of aliphatic hydroxyl groups is 1. The lowest BCUT2D eigenvalue weighted by molar-refractivity contribution is -0.938. The van der Waals surface area contributed by atoms with Gasteiger partial charge in [0.2, 0.25) is 11.3 Å². The minimum absolute atomic E-state index is 0.0340. The molecule has 4 aromatic carbocycles. The summed E-state index contributed by atoms with van der Waals surface area (Å²) in [6.07, 6.45) is 3.02. The highest BCUT2D eigenvalue weighted by molar-refractivity contribution is 5.97. The van der Waals surface area contributed by atoms with E-state index >= 15 is 0 Å². The number of benzene rings is 4. The molecule has 3 fully saturated rings. The van der Waals surface area contributed by atoms with E-state index in [4.69, 9.17) is 9.47 Å². The average molecular weight is 760 g/mol. The Labute approximate surface area is 326 Å². The molecule has 3 atom stereocenters. The summed E-state index contributed by atoms with van der Waals surface area (Å²) >= 11 is 0. The smallest absolute Gasteiger partial charge is 0.408 e. The first kappa shape index (κ1) is 38.8. The van der Waals surface area contributed by atoms with Crippen LogP contribution in [-0.2, 0) is 4.74 Å². The van der Waals surface area contributed by atoms with Crippen LogP contribution in [-0.4, -0.2) is 83.5 Å². The highest BCUT2D eigenvalue weighted by atomic mass is 16.6. The number of ether oxygens (including phenoxy) is 2. The number of carbonyl (C=O) groups is 2. The van der Waals surface area contributed by atoms with Gasteiger partial charge < -0.3 is 39.8 Å². The van der Waals surface area contributed by atoms with Gasteiger partial charge in [-0.1, -0.05) is 78.9 Å². The van der Waals surface area contributed by atoms with E-state index in [0.717, 1.165) is 61.9 Å².